The molecule has 1 aromatic heterocycles. The number of nitrogens with zero attached hydrogens (tertiary/aromatic N) is 3. The third-order valence-corrected chi connectivity index (χ3v) is 7.95. The van der Waals surface area contributed by atoms with Gasteiger partial charge in [0.25, 0.3) is 0 Å². The van der Waals surface area contributed by atoms with E-state index in [9.17, 15) is 9.59 Å². The van der Waals surface area contributed by atoms with Gasteiger partial charge < -0.3 is 20.1 Å². The van der Waals surface area contributed by atoms with E-state index in [1.165, 1.54) is 24.1 Å². The monoisotopic (exact) mass is 543 g/mol. The highest BCUT2D eigenvalue weighted by Crippen LogP contribution is 2.41. The number of benzene rings is 2. The lowest BCUT2D eigenvalue weighted by atomic mass is 10.1. The second kappa shape index (κ2) is 11.8. The molecule has 0 spiro atoms. The minimum absolute atomic E-state index is 0.0597. The predicted molar refractivity (Wildman–Crippen MR) is 150 cm³/mol. The standard InChI is InChI=1S/C31H37N5O4/c1-35-31(23-8-9-23)24(16-33-35)17-36-18-27-28(19-36)39-20-22-3-2-4-26(15-22)40-25-10-5-21(6-11-25)7-12-29(37)32-14-13-30(38)34-27/h2-6,10-11,15-16,23,27-28H,7-9,12-14,17-20H2,1H3,(H,32,37)(H,34,38)/t27-,28-/m0/s1. The number of amides is 2. The zero-order valence-corrected chi connectivity index (χ0v) is 23.0. The number of carbonyl (C=O) groups is 2. The average Bonchev–Trinajstić information content (AvgIpc) is 3.61. The fourth-order valence-electron chi connectivity index (χ4n) is 5.73. The van der Waals surface area contributed by atoms with Crippen LogP contribution in [-0.4, -0.2) is 58.3 Å². The molecule has 2 aromatic carbocycles. The molecular formula is C31H37N5O4. The van der Waals surface area contributed by atoms with Gasteiger partial charge in [-0.05, 0) is 54.7 Å². The number of aromatic nitrogens is 2. The van der Waals surface area contributed by atoms with Crippen LogP contribution >= 0.6 is 0 Å². The Kier molecular flexibility index (Phi) is 7.84. The summed E-state index contributed by atoms with van der Waals surface area (Å²) >= 11 is 0. The predicted octanol–water partition coefficient (Wildman–Crippen LogP) is 3.43. The summed E-state index contributed by atoms with van der Waals surface area (Å²) in [5.41, 5.74) is 4.66. The Balaban J connectivity index is 1.18. The van der Waals surface area contributed by atoms with E-state index in [4.69, 9.17) is 9.47 Å². The Morgan fingerprint density at radius 1 is 0.950 bits per heavy atom. The number of fused-ring (bicyclic) bond motifs is 10. The van der Waals surface area contributed by atoms with E-state index in [1.807, 2.05) is 66.5 Å². The third kappa shape index (κ3) is 6.54. The molecule has 4 heterocycles. The van der Waals surface area contributed by atoms with Gasteiger partial charge in [0, 0.05) is 63.2 Å². The van der Waals surface area contributed by atoms with Crippen LogP contribution in [-0.2, 0) is 40.9 Å². The maximum Gasteiger partial charge on any atom is 0.222 e. The van der Waals surface area contributed by atoms with Crippen LogP contribution in [0.3, 0.4) is 0 Å². The van der Waals surface area contributed by atoms with Gasteiger partial charge in [-0.1, -0.05) is 24.3 Å². The van der Waals surface area contributed by atoms with Crippen LogP contribution in [0.15, 0.2) is 54.7 Å². The van der Waals surface area contributed by atoms with E-state index in [0.29, 0.717) is 45.0 Å². The molecule has 3 aliphatic heterocycles. The van der Waals surface area contributed by atoms with Gasteiger partial charge in [0.05, 0.1) is 24.9 Å². The van der Waals surface area contributed by atoms with Gasteiger partial charge in [0.2, 0.25) is 11.8 Å². The van der Waals surface area contributed by atoms with E-state index in [2.05, 4.69) is 20.6 Å². The van der Waals surface area contributed by atoms with Crippen molar-refractivity contribution in [2.24, 2.45) is 7.05 Å². The average molecular weight is 544 g/mol. The number of rotatable bonds is 3. The van der Waals surface area contributed by atoms with Crippen molar-refractivity contribution in [3.05, 3.63) is 77.1 Å². The Morgan fingerprint density at radius 3 is 2.62 bits per heavy atom. The highest BCUT2D eigenvalue weighted by atomic mass is 16.5. The number of hydrogen-bond acceptors (Lipinski definition) is 6. The summed E-state index contributed by atoms with van der Waals surface area (Å²) in [5, 5.41) is 10.6. The van der Waals surface area contributed by atoms with Crippen LogP contribution in [0.2, 0.25) is 0 Å². The quantitative estimate of drug-likeness (QED) is 0.526. The maximum absolute atomic E-state index is 12.9. The highest BCUT2D eigenvalue weighted by molar-refractivity contribution is 5.79. The number of aryl methyl sites for hydroxylation is 2. The van der Waals surface area contributed by atoms with Crippen LogP contribution in [0.4, 0.5) is 0 Å². The molecule has 7 rings (SSSR count). The lowest BCUT2D eigenvalue weighted by Crippen LogP contribution is -2.44. The summed E-state index contributed by atoms with van der Waals surface area (Å²) in [6.45, 7) is 2.91. The third-order valence-electron chi connectivity index (χ3n) is 7.95. The Hall–Kier alpha value is -3.69. The van der Waals surface area contributed by atoms with E-state index in [-0.39, 0.29) is 30.4 Å². The van der Waals surface area contributed by atoms with Gasteiger partial charge in [-0.3, -0.25) is 19.2 Å². The fraction of sp³-hybridized carbons (Fsp3) is 0.452. The van der Waals surface area contributed by atoms with Crippen LogP contribution in [0.1, 0.15) is 54.0 Å². The summed E-state index contributed by atoms with van der Waals surface area (Å²) in [4.78, 5) is 27.6. The first kappa shape index (κ1) is 26.5. The van der Waals surface area contributed by atoms with Crippen molar-refractivity contribution in [1.82, 2.24) is 25.3 Å². The number of nitrogens with one attached hydrogen (secondary N) is 2. The van der Waals surface area contributed by atoms with Crippen LogP contribution in [0.5, 0.6) is 11.5 Å². The van der Waals surface area contributed by atoms with Gasteiger partial charge in [0.15, 0.2) is 0 Å². The maximum atomic E-state index is 12.9. The molecule has 4 aliphatic rings. The van der Waals surface area contributed by atoms with Crippen LogP contribution in [0.25, 0.3) is 0 Å². The van der Waals surface area contributed by atoms with Crippen molar-refractivity contribution in [3.8, 4) is 11.5 Å². The molecule has 2 fully saturated rings. The number of hydrogen-bond donors (Lipinski definition) is 2. The molecule has 9 nitrogen and oxygen atoms in total. The minimum atomic E-state index is -0.165. The number of carbonyl (C=O) groups excluding carboxylic acids is 2. The smallest absolute Gasteiger partial charge is 0.222 e. The van der Waals surface area contributed by atoms with Gasteiger partial charge >= 0.3 is 0 Å². The molecule has 2 N–H and O–H groups in total. The lowest BCUT2D eigenvalue weighted by Gasteiger charge is -2.21. The molecule has 1 saturated carbocycles. The molecule has 40 heavy (non-hydrogen) atoms. The van der Waals surface area contributed by atoms with Crippen molar-refractivity contribution in [2.75, 3.05) is 19.6 Å². The van der Waals surface area contributed by atoms with Crippen LogP contribution < -0.4 is 15.4 Å². The topological polar surface area (TPSA) is 97.7 Å². The Bertz CT molecular complexity index is 1350. The number of ether oxygens (including phenoxy) is 2. The van der Waals surface area contributed by atoms with Crippen molar-refractivity contribution in [2.45, 2.75) is 63.3 Å². The van der Waals surface area contributed by atoms with E-state index < -0.39 is 0 Å². The molecule has 2 atom stereocenters. The van der Waals surface area contributed by atoms with Crippen molar-refractivity contribution in [1.29, 1.82) is 0 Å². The van der Waals surface area contributed by atoms with Gasteiger partial charge in [-0.15, -0.1) is 0 Å². The molecule has 0 unspecified atom stereocenters. The SMILES string of the molecule is Cn1ncc(CN2C[C@@H]3NC(=O)CCNC(=O)CCc4ccc(cc4)Oc4cccc(c4)CO[C@H]3C2)c1C1CC1. The zero-order valence-electron chi connectivity index (χ0n) is 23.0. The fourth-order valence-corrected chi connectivity index (χ4v) is 5.73. The summed E-state index contributed by atoms with van der Waals surface area (Å²) in [6, 6.07) is 15.6. The lowest BCUT2D eigenvalue weighted by molar-refractivity contribution is -0.123. The summed E-state index contributed by atoms with van der Waals surface area (Å²) in [6.07, 6.45) is 5.50. The van der Waals surface area contributed by atoms with Crippen LogP contribution in [0, 0.1) is 0 Å². The van der Waals surface area contributed by atoms with E-state index in [0.717, 1.165) is 29.2 Å². The molecular weight excluding hydrogens is 506 g/mol. The molecule has 3 aromatic rings. The van der Waals surface area contributed by atoms with Crippen molar-refractivity contribution < 1.29 is 19.1 Å². The second-order valence-electron chi connectivity index (χ2n) is 11.2. The first-order valence-electron chi connectivity index (χ1n) is 14.3. The van der Waals surface area contributed by atoms with Gasteiger partial charge in [0.1, 0.15) is 11.5 Å². The van der Waals surface area contributed by atoms with Gasteiger partial charge in [-0.25, -0.2) is 0 Å². The Labute approximate surface area is 234 Å². The normalized spacial score (nSPS) is 22.7. The summed E-state index contributed by atoms with van der Waals surface area (Å²) in [7, 11) is 2.02. The highest BCUT2D eigenvalue weighted by Gasteiger charge is 2.36. The summed E-state index contributed by atoms with van der Waals surface area (Å²) < 4.78 is 14.5. The van der Waals surface area contributed by atoms with E-state index in [1.54, 1.807) is 0 Å². The molecule has 1 saturated heterocycles. The molecule has 1 aliphatic carbocycles. The molecule has 4 bridgehead atoms. The molecule has 9 heteroatoms. The second-order valence-corrected chi connectivity index (χ2v) is 11.2. The van der Waals surface area contributed by atoms with E-state index >= 15 is 0 Å². The first-order valence-corrected chi connectivity index (χ1v) is 14.3. The Morgan fingerprint density at radius 2 is 1.80 bits per heavy atom. The largest absolute Gasteiger partial charge is 0.457 e. The van der Waals surface area contributed by atoms with Crippen molar-refractivity contribution in [3.63, 3.8) is 0 Å². The molecule has 0 radical (unpaired) electrons. The summed E-state index contributed by atoms with van der Waals surface area (Å²) in [5.74, 6) is 1.96. The van der Waals surface area contributed by atoms with Gasteiger partial charge in [-0.2, -0.15) is 5.10 Å². The molecule has 2 amide bonds. The molecule has 210 valence electrons. The van der Waals surface area contributed by atoms with Crippen molar-refractivity contribution >= 4 is 11.8 Å². The number of likely N-dealkylation sites (tertiary alicyclic amines) is 1. The first-order chi connectivity index (χ1) is 19.5. The zero-order chi connectivity index (χ0) is 27.5. The minimum Gasteiger partial charge on any atom is -0.457 e.